The van der Waals surface area contributed by atoms with Crippen LogP contribution in [0.25, 0.3) is 0 Å². The van der Waals surface area contributed by atoms with Crippen molar-refractivity contribution in [1.82, 2.24) is 0 Å². The zero-order valence-electron chi connectivity index (χ0n) is 17.1. The van der Waals surface area contributed by atoms with Crippen LogP contribution in [0.2, 0.25) is 0 Å². The van der Waals surface area contributed by atoms with Gasteiger partial charge < -0.3 is 10.2 Å². The first-order valence-electron chi connectivity index (χ1n) is 9.19. The number of aliphatic hydroxyl groups is 1. The molecule has 0 fully saturated rings. The molecule has 2 N–H and O–H groups in total. The molecule has 0 amide bonds. The molecule has 0 aromatic heterocycles. The summed E-state index contributed by atoms with van der Waals surface area (Å²) in [6.45, 7) is 16.9. The van der Waals surface area contributed by atoms with Crippen LogP contribution in [0.1, 0.15) is 71.6 Å². The van der Waals surface area contributed by atoms with E-state index in [-0.39, 0.29) is 10.8 Å². The molecule has 0 spiro atoms. The average Bonchev–Trinajstić information content (AvgIpc) is 2.43. The summed E-state index contributed by atoms with van der Waals surface area (Å²) < 4.78 is 0. The van der Waals surface area contributed by atoms with Crippen molar-refractivity contribution >= 4 is 0 Å². The average molecular weight is 343 g/mol. The van der Waals surface area contributed by atoms with E-state index in [1.165, 1.54) is 5.57 Å². The van der Waals surface area contributed by atoms with Crippen molar-refractivity contribution in [3.8, 4) is 5.75 Å². The standard InChI is InChI=1S/C23H34O2/c1-15-9-10-23(25,19(13-15)22(6,7)8)14-17-11-16(2)12-18(20(17)24)21(3,4)5/h9,11-13,24-25H,10,14H2,1-8H3. The minimum atomic E-state index is -0.960. The number of hydrogen-bond acceptors (Lipinski definition) is 2. The maximum atomic E-state index is 11.5. The monoisotopic (exact) mass is 342 g/mol. The van der Waals surface area contributed by atoms with E-state index in [0.717, 1.165) is 22.3 Å². The molecule has 0 aliphatic heterocycles. The van der Waals surface area contributed by atoms with Gasteiger partial charge in [-0.3, -0.25) is 0 Å². The molecule has 0 saturated heterocycles. The van der Waals surface area contributed by atoms with Crippen molar-refractivity contribution in [3.05, 3.63) is 52.1 Å². The second-order valence-electron chi connectivity index (χ2n) is 9.74. The van der Waals surface area contributed by atoms with E-state index in [0.29, 0.717) is 18.6 Å². The lowest BCUT2D eigenvalue weighted by atomic mass is 9.69. The molecule has 2 nitrogen and oxygen atoms in total. The Balaban J connectivity index is 2.52. The Bertz CT molecular complexity index is 724. The summed E-state index contributed by atoms with van der Waals surface area (Å²) in [6.07, 6.45) is 5.21. The van der Waals surface area contributed by atoms with Crippen molar-refractivity contribution in [2.75, 3.05) is 0 Å². The third-order valence-electron chi connectivity index (χ3n) is 5.07. The summed E-state index contributed by atoms with van der Waals surface area (Å²) in [5.41, 5.74) is 3.89. The summed E-state index contributed by atoms with van der Waals surface area (Å²) >= 11 is 0. The van der Waals surface area contributed by atoms with E-state index in [9.17, 15) is 10.2 Å². The third kappa shape index (κ3) is 4.17. The molecule has 2 rings (SSSR count). The van der Waals surface area contributed by atoms with Gasteiger partial charge in [0.25, 0.3) is 0 Å². The van der Waals surface area contributed by atoms with E-state index < -0.39 is 5.60 Å². The highest BCUT2D eigenvalue weighted by Gasteiger charge is 2.39. The van der Waals surface area contributed by atoms with Crippen LogP contribution in [0.4, 0.5) is 0 Å². The second-order valence-corrected chi connectivity index (χ2v) is 9.74. The van der Waals surface area contributed by atoms with Gasteiger partial charge in [-0.15, -0.1) is 0 Å². The highest BCUT2D eigenvalue weighted by atomic mass is 16.3. The molecule has 1 unspecified atom stereocenters. The Labute approximate surface area is 153 Å². The van der Waals surface area contributed by atoms with Gasteiger partial charge in [0.1, 0.15) is 5.75 Å². The van der Waals surface area contributed by atoms with Crippen molar-refractivity contribution < 1.29 is 10.2 Å². The minimum Gasteiger partial charge on any atom is -0.507 e. The van der Waals surface area contributed by atoms with Crippen molar-refractivity contribution in [2.24, 2.45) is 5.41 Å². The number of rotatable bonds is 2. The van der Waals surface area contributed by atoms with Crippen LogP contribution in [0.5, 0.6) is 5.75 Å². The smallest absolute Gasteiger partial charge is 0.122 e. The first-order valence-corrected chi connectivity index (χ1v) is 9.19. The first kappa shape index (κ1) is 19.8. The lowest BCUT2D eigenvalue weighted by Gasteiger charge is -2.40. The highest BCUT2D eigenvalue weighted by molar-refractivity contribution is 5.49. The Morgan fingerprint density at radius 2 is 1.60 bits per heavy atom. The lowest BCUT2D eigenvalue weighted by molar-refractivity contribution is 0.0599. The molecular formula is C23H34O2. The third-order valence-corrected chi connectivity index (χ3v) is 5.07. The van der Waals surface area contributed by atoms with Crippen LogP contribution in [0.3, 0.4) is 0 Å². The number of aromatic hydroxyl groups is 1. The largest absolute Gasteiger partial charge is 0.507 e. The molecule has 1 aliphatic rings. The van der Waals surface area contributed by atoms with Crippen LogP contribution >= 0.6 is 0 Å². The topological polar surface area (TPSA) is 40.5 Å². The molecule has 0 saturated carbocycles. The van der Waals surface area contributed by atoms with Crippen LogP contribution in [0.15, 0.2) is 35.4 Å². The van der Waals surface area contributed by atoms with Crippen LogP contribution in [-0.4, -0.2) is 15.8 Å². The number of phenolic OH excluding ortho intramolecular Hbond substituents is 1. The Morgan fingerprint density at radius 3 is 2.12 bits per heavy atom. The lowest BCUT2D eigenvalue weighted by Crippen LogP contribution is -2.40. The predicted molar refractivity (Wildman–Crippen MR) is 106 cm³/mol. The highest BCUT2D eigenvalue weighted by Crippen LogP contribution is 2.44. The fourth-order valence-electron chi connectivity index (χ4n) is 3.82. The zero-order chi connectivity index (χ0) is 19.2. The van der Waals surface area contributed by atoms with Gasteiger partial charge in [0.05, 0.1) is 5.60 Å². The second kappa shape index (κ2) is 6.32. The van der Waals surface area contributed by atoms with Gasteiger partial charge in [-0.05, 0) is 47.8 Å². The van der Waals surface area contributed by atoms with E-state index >= 15 is 0 Å². The van der Waals surface area contributed by atoms with E-state index in [1.807, 2.05) is 19.1 Å². The normalized spacial score (nSPS) is 21.8. The molecule has 25 heavy (non-hydrogen) atoms. The van der Waals surface area contributed by atoms with E-state index in [1.54, 1.807) is 0 Å². The van der Waals surface area contributed by atoms with Crippen LogP contribution in [-0.2, 0) is 11.8 Å². The molecular weight excluding hydrogens is 308 g/mol. The molecule has 2 heteroatoms. The molecule has 0 radical (unpaired) electrons. The summed E-state index contributed by atoms with van der Waals surface area (Å²) in [7, 11) is 0. The summed E-state index contributed by atoms with van der Waals surface area (Å²) in [4.78, 5) is 0. The fraction of sp³-hybridized carbons (Fsp3) is 0.565. The van der Waals surface area contributed by atoms with Crippen LogP contribution < -0.4 is 0 Å². The number of phenols is 1. The van der Waals surface area contributed by atoms with Crippen LogP contribution in [0, 0.1) is 12.3 Å². The SMILES string of the molecule is CC1=CCC(O)(Cc2cc(C)cc(C(C)(C)C)c2O)C(C(C)(C)C)=C1. The van der Waals surface area contributed by atoms with Gasteiger partial charge in [0.15, 0.2) is 0 Å². The van der Waals surface area contributed by atoms with Crippen molar-refractivity contribution in [3.63, 3.8) is 0 Å². The first-order chi connectivity index (χ1) is 11.2. The van der Waals surface area contributed by atoms with Gasteiger partial charge in [-0.1, -0.05) is 77.0 Å². The van der Waals surface area contributed by atoms with Crippen molar-refractivity contribution in [2.45, 2.75) is 79.2 Å². The number of hydrogen-bond donors (Lipinski definition) is 2. The molecule has 138 valence electrons. The number of aryl methyl sites for hydroxylation is 1. The van der Waals surface area contributed by atoms with Gasteiger partial charge in [0.2, 0.25) is 0 Å². The molecule has 1 atom stereocenters. The maximum Gasteiger partial charge on any atom is 0.122 e. The summed E-state index contributed by atoms with van der Waals surface area (Å²) in [6, 6.07) is 4.06. The summed E-state index contributed by atoms with van der Waals surface area (Å²) in [5, 5.41) is 22.4. The molecule has 1 aliphatic carbocycles. The van der Waals surface area contributed by atoms with E-state index in [2.05, 4.69) is 60.6 Å². The Hall–Kier alpha value is -1.54. The molecule has 0 heterocycles. The quantitative estimate of drug-likeness (QED) is 0.735. The Morgan fingerprint density at radius 1 is 1.00 bits per heavy atom. The molecule has 0 bridgehead atoms. The number of benzene rings is 1. The maximum absolute atomic E-state index is 11.5. The van der Waals surface area contributed by atoms with Gasteiger partial charge in [-0.2, -0.15) is 0 Å². The zero-order valence-corrected chi connectivity index (χ0v) is 17.1. The fourth-order valence-corrected chi connectivity index (χ4v) is 3.82. The van der Waals surface area contributed by atoms with E-state index in [4.69, 9.17) is 0 Å². The minimum absolute atomic E-state index is 0.128. The van der Waals surface area contributed by atoms with Gasteiger partial charge >= 0.3 is 0 Å². The summed E-state index contributed by atoms with van der Waals surface area (Å²) in [5.74, 6) is 0.325. The van der Waals surface area contributed by atoms with Gasteiger partial charge in [-0.25, -0.2) is 0 Å². The van der Waals surface area contributed by atoms with Gasteiger partial charge in [0, 0.05) is 6.42 Å². The number of allylic oxidation sites excluding steroid dienone is 2. The Kier molecular flexibility index (Phi) is 5.00. The molecule has 1 aromatic rings. The predicted octanol–water partition coefficient (Wildman–Crippen LogP) is 5.59. The molecule has 1 aromatic carbocycles. The van der Waals surface area contributed by atoms with Crippen molar-refractivity contribution in [1.29, 1.82) is 0 Å².